The van der Waals surface area contributed by atoms with Gasteiger partial charge in [-0.2, -0.15) is 0 Å². The zero-order valence-electron chi connectivity index (χ0n) is 16.1. The first-order chi connectivity index (χ1) is 13.3. The fourth-order valence-corrected chi connectivity index (χ4v) is 3.12. The number of carbonyl (C=O) groups is 4. The molecule has 0 aromatic heterocycles. The minimum Gasteiger partial charge on any atom is -0.480 e. The molecule has 2 rings (SSSR count). The topological polar surface area (TPSA) is 116 Å². The van der Waals surface area contributed by atoms with E-state index in [1.165, 1.54) is 26.0 Å². The first-order valence-corrected chi connectivity index (χ1v) is 8.95. The van der Waals surface area contributed by atoms with E-state index in [0.29, 0.717) is 12.8 Å². The van der Waals surface area contributed by atoms with E-state index >= 15 is 0 Å². The molecule has 152 valence electrons. The number of nitrogens with zero attached hydrogens (tertiary/aromatic N) is 2. The van der Waals surface area contributed by atoms with Crippen molar-refractivity contribution in [1.29, 1.82) is 0 Å². The highest BCUT2D eigenvalue weighted by Gasteiger charge is 2.45. The Labute approximate surface area is 163 Å². The van der Waals surface area contributed by atoms with E-state index in [-0.39, 0.29) is 6.54 Å². The van der Waals surface area contributed by atoms with E-state index in [1.807, 2.05) is 30.3 Å². The molecule has 0 aliphatic carbocycles. The van der Waals surface area contributed by atoms with Crippen molar-refractivity contribution in [3.63, 3.8) is 0 Å². The quantitative estimate of drug-likeness (QED) is 0.619. The summed E-state index contributed by atoms with van der Waals surface area (Å²) in [7, 11) is 2.69. The van der Waals surface area contributed by atoms with Crippen LogP contribution in [0.3, 0.4) is 0 Å². The number of esters is 1. The minimum absolute atomic E-state index is 0.0823. The predicted molar refractivity (Wildman–Crippen MR) is 99.5 cm³/mol. The van der Waals surface area contributed by atoms with Gasteiger partial charge in [0.25, 0.3) is 0 Å². The fraction of sp³-hybridized carbons (Fsp3) is 0.474. The number of ether oxygens (including phenoxy) is 1. The Morgan fingerprint density at radius 2 is 1.93 bits per heavy atom. The smallest absolute Gasteiger partial charge is 0.328 e. The second-order valence-electron chi connectivity index (χ2n) is 6.71. The lowest BCUT2D eigenvalue weighted by atomic mass is 10.0. The lowest BCUT2D eigenvalue weighted by Crippen LogP contribution is -2.54. The van der Waals surface area contributed by atoms with Crippen molar-refractivity contribution < 1.29 is 29.0 Å². The number of benzene rings is 1. The maximum Gasteiger partial charge on any atom is 0.328 e. The van der Waals surface area contributed by atoms with Crippen molar-refractivity contribution in [2.24, 2.45) is 0 Å². The summed E-state index contributed by atoms with van der Waals surface area (Å²) in [5.41, 5.74) is 1.03. The number of urea groups is 1. The SMILES string of the molecule is COC(=O)C(CCc1ccccc1)NC(C)C(=O)N1C(=O)N(C)CC1C(=O)O. The average Bonchev–Trinajstić information content (AvgIpc) is 2.99. The third-order valence-corrected chi connectivity index (χ3v) is 4.69. The summed E-state index contributed by atoms with van der Waals surface area (Å²) in [5.74, 6) is -2.49. The molecule has 0 saturated carbocycles. The van der Waals surface area contributed by atoms with E-state index < -0.39 is 42.0 Å². The summed E-state index contributed by atoms with van der Waals surface area (Å²) < 4.78 is 4.81. The molecule has 3 atom stereocenters. The second kappa shape index (κ2) is 9.32. The van der Waals surface area contributed by atoms with Crippen molar-refractivity contribution in [3.05, 3.63) is 35.9 Å². The second-order valence-corrected chi connectivity index (χ2v) is 6.71. The molecule has 1 aromatic carbocycles. The van der Waals surface area contributed by atoms with Crippen LogP contribution in [0.25, 0.3) is 0 Å². The highest BCUT2D eigenvalue weighted by atomic mass is 16.5. The fourth-order valence-electron chi connectivity index (χ4n) is 3.12. The number of carboxylic acids is 1. The van der Waals surface area contributed by atoms with Crippen molar-refractivity contribution >= 4 is 23.9 Å². The molecule has 1 saturated heterocycles. The number of hydrogen-bond acceptors (Lipinski definition) is 6. The van der Waals surface area contributed by atoms with Gasteiger partial charge in [-0.3, -0.25) is 14.9 Å². The molecule has 1 fully saturated rings. The van der Waals surface area contributed by atoms with E-state index in [9.17, 15) is 24.3 Å². The first kappa shape index (κ1) is 21.4. The van der Waals surface area contributed by atoms with Gasteiger partial charge >= 0.3 is 18.0 Å². The molecular weight excluding hydrogens is 366 g/mol. The monoisotopic (exact) mass is 391 g/mol. The number of likely N-dealkylation sites (N-methyl/N-ethyl adjacent to an activating group) is 1. The minimum atomic E-state index is -1.26. The normalized spacial score (nSPS) is 18.7. The van der Waals surface area contributed by atoms with Crippen LogP contribution in [0.15, 0.2) is 30.3 Å². The number of aliphatic carboxylic acids is 1. The first-order valence-electron chi connectivity index (χ1n) is 8.95. The van der Waals surface area contributed by atoms with E-state index in [1.54, 1.807) is 0 Å². The van der Waals surface area contributed by atoms with Crippen molar-refractivity contribution in [2.45, 2.75) is 37.9 Å². The van der Waals surface area contributed by atoms with Gasteiger partial charge in [-0.1, -0.05) is 30.3 Å². The molecule has 1 aliphatic rings. The Balaban J connectivity index is 2.08. The molecule has 9 heteroatoms. The number of hydrogen-bond donors (Lipinski definition) is 2. The molecule has 28 heavy (non-hydrogen) atoms. The summed E-state index contributed by atoms with van der Waals surface area (Å²) in [6.45, 7) is 1.41. The van der Waals surface area contributed by atoms with Gasteiger partial charge in [0.05, 0.1) is 19.7 Å². The molecule has 3 unspecified atom stereocenters. The Morgan fingerprint density at radius 3 is 2.50 bits per heavy atom. The van der Waals surface area contributed by atoms with Crippen molar-refractivity contribution in [2.75, 3.05) is 20.7 Å². The molecular formula is C19H25N3O6. The number of aryl methyl sites for hydroxylation is 1. The molecule has 0 spiro atoms. The van der Waals surface area contributed by atoms with Crippen LogP contribution < -0.4 is 5.32 Å². The summed E-state index contributed by atoms with van der Waals surface area (Å²) in [6.07, 6.45) is 0.960. The van der Waals surface area contributed by atoms with Crippen LogP contribution in [0.4, 0.5) is 4.79 Å². The van der Waals surface area contributed by atoms with E-state index in [2.05, 4.69) is 5.32 Å². The van der Waals surface area contributed by atoms with Crippen LogP contribution in [0.2, 0.25) is 0 Å². The van der Waals surface area contributed by atoms with E-state index in [0.717, 1.165) is 10.5 Å². The van der Waals surface area contributed by atoms with Gasteiger partial charge < -0.3 is 14.7 Å². The third kappa shape index (κ3) is 4.86. The van der Waals surface area contributed by atoms with Crippen LogP contribution in [-0.2, 0) is 25.5 Å². The van der Waals surface area contributed by atoms with Gasteiger partial charge in [0.1, 0.15) is 6.04 Å². The number of imide groups is 1. The lowest BCUT2D eigenvalue weighted by molar-refractivity contribution is -0.148. The average molecular weight is 391 g/mol. The molecule has 2 N–H and O–H groups in total. The largest absolute Gasteiger partial charge is 0.480 e. The van der Waals surface area contributed by atoms with Crippen LogP contribution in [0, 0.1) is 0 Å². The highest BCUT2D eigenvalue weighted by molar-refractivity contribution is 6.02. The maximum absolute atomic E-state index is 12.7. The number of carboxylic acid groups (broad SMARTS) is 1. The van der Waals surface area contributed by atoms with Crippen LogP contribution in [0.1, 0.15) is 18.9 Å². The van der Waals surface area contributed by atoms with E-state index in [4.69, 9.17) is 4.74 Å². The Kier molecular flexibility index (Phi) is 7.11. The van der Waals surface area contributed by atoms with Gasteiger partial charge in [0.15, 0.2) is 6.04 Å². The number of carbonyl (C=O) groups excluding carboxylic acids is 3. The number of amides is 3. The molecule has 3 amide bonds. The molecule has 1 aliphatic heterocycles. The molecule has 1 heterocycles. The van der Waals surface area contributed by atoms with Gasteiger partial charge in [0, 0.05) is 7.05 Å². The zero-order chi connectivity index (χ0) is 20.8. The van der Waals surface area contributed by atoms with Crippen molar-refractivity contribution in [3.8, 4) is 0 Å². The lowest BCUT2D eigenvalue weighted by Gasteiger charge is -2.25. The zero-order valence-corrected chi connectivity index (χ0v) is 16.1. The Morgan fingerprint density at radius 1 is 1.29 bits per heavy atom. The van der Waals surface area contributed by atoms with Gasteiger partial charge in [0.2, 0.25) is 5.91 Å². The van der Waals surface area contributed by atoms with Crippen LogP contribution in [-0.4, -0.2) is 77.6 Å². The predicted octanol–water partition coefficient (Wildman–Crippen LogP) is 0.486. The standard InChI is InChI=1S/C19H25N3O6/c1-12(16(23)22-15(17(24)25)11-21(2)19(22)27)20-14(18(26)28-3)10-9-13-7-5-4-6-8-13/h4-8,12,14-15,20H,9-11H2,1-3H3,(H,24,25). The Hall–Kier alpha value is -2.94. The number of rotatable bonds is 8. The van der Waals surface area contributed by atoms with Gasteiger partial charge in [-0.15, -0.1) is 0 Å². The van der Waals surface area contributed by atoms with Crippen LogP contribution >= 0.6 is 0 Å². The molecule has 0 bridgehead atoms. The molecule has 1 aromatic rings. The molecule has 0 radical (unpaired) electrons. The molecule has 9 nitrogen and oxygen atoms in total. The third-order valence-electron chi connectivity index (χ3n) is 4.69. The van der Waals surface area contributed by atoms with Gasteiger partial charge in [-0.05, 0) is 25.3 Å². The summed E-state index contributed by atoms with van der Waals surface area (Å²) >= 11 is 0. The number of nitrogens with one attached hydrogen (secondary N) is 1. The number of methoxy groups -OCH3 is 1. The van der Waals surface area contributed by atoms with Crippen molar-refractivity contribution in [1.82, 2.24) is 15.1 Å². The van der Waals surface area contributed by atoms with Crippen LogP contribution in [0.5, 0.6) is 0 Å². The highest BCUT2D eigenvalue weighted by Crippen LogP contribution is 2.17. The maximum atomic E-state index is 12.7. The summed E-state index contributed by atoms with van der Waals surface area (Å²) in [6, 6.07) is 5.88. The summed E-state index contributed by atoms with van der Waals surface area (Å²) in [5, 5.41) is 12.2. The summed E-state index contributed by atoms with van der Waals surface area (Å²) in [4.78, 5) is 50.4. The van der Waals surface area contributed by atoms with Gasteiger partial charge in [-0.25, -0.2) is 14.5 Å². The Bertz CT molecular complexity index is 738.